The van der Waals surface area contributed by atoms with Gasteiger partial charge >= 0.3 is 0 Å². The number of nitrogens with two attached hydrogens (primary N) is 1. The second-order valence-corrected chi connectivity index (χ2v) is 4.30. The number of carbonyl (C=O) groups is 1. The van der Waals surface area contributed by atoms with Crippen LogP contribution in [-0.4, -0.2) is 17.1 Å². The smallest absolute Gasteiger partial charge is 0.225 e. The lowest BCUT2D eigenvalue weighted by molar-refractivity contribution is -0.116. The summed E-state index contributed by atoms with van der Waals surface area (Å²) in [5, 5.41) is 12.1. The van der Waals surface area contributed by atoms with E-state index in [1.54, 1.807) is 18.2 Å². The molecular formula is C13H20N2O2. The van der Waals surface area contributed by atoms with Gasteiger partial charge < -0.3 is 16.2 Å². The van der Waals surface area contributed by atoms with Crippen molar-refractivity contribution in [1.82, 2.24) is 0 Å². The third-order valence-electron chi connectivity index (χ3n) is 2.59. The number of amides is 1. The minimum atomic E-state index is -0.0857. The maximum absolute atomic E-state index is 11.7. The van der Waals surface area contributed by atoms with Crippen molar-refractivity contribution >= 4 is 11.6 Å². The van der Waals surface area contributed by atoms with Crippen LogP contribution in [0.3, 0.4) is 0 Å². The summed E-state index contributed by atoms with van der Waals surface area (Å²) in [5.41, 5.74) is 7.35. The summed E-state index contributed by atoms with van der Waals surface area (Å²) in [7, 11) is 0. The fourth-order valence-electron chi connectivity index (χ4n) is 1.70. The van der Waals surface area contributed by atoms with Gasteiger partial charge in [0.1, 0.15) is 5.75 Å². The zero-order valence-corrected chi connectivity index (χ0v) is 10.4. The number of anilines is 1. The number of aryl methyl sites for hydroxylation is 1. The highest BCUT2D eigenvalue weighted by atomic mass is 16.3. The zero-order chi connectivity index (χ0) is 12.8. The maximum atomic E-state index is 11.7. The molecule has 0 bridgehead atoms. The number of nitrogens with one attached hydrogen (secondary N) is 1. The molecule has 1 rings (SSSR count). The Morgan fingerprint density at radius 2 is 2.24 bits per heavy atom. The highest BCUT2D eigenvalue weighted by molar-refractivity contribution is 5.91. The molecule has 1 amide bonds. The first-order chi connectivity index (χ1) is 8.02. The molecule has 4 N–H and O–H groups in total. The Hall–Kier alpha value is -1.55. The lowest BCUT2D eigenvalue weighted by Crippen LogP contribution is -2.27. The molecule has 0 heterocycles. The SMILES string of the molecule is CCCC(N)CC(=O)Nc1ccc(O)cc1C. The molecule has 4 nitrogen and oxygen atoms in total. The van der Waals surface area contributed by atoms with Crippen molar-refractivity contribution in [2.45, 2.75) is 39.2 Å². The molecule has 0 aliphatic carbocycles. The van der Waals surface area contributed by atoms with Crippen LogP contribution < -0.4 is 11.1 Å². The molecule has 17 heavy (non-hydrogen) atoms. The van der Waals surface area contributed by atoms with Crippen LogP contribution >= 0.6 is 0 Å². The Balaban J connectivity index is 2.56. The van der Waals surface area contributed by atoms with Crippen molar-refractivity contribution in [2.75, 3.05) is 5.32 Å². The quantitative estimate of drug-likeness (QED) is 0.686. The van der Waals surface area contributed by atoms with Crippen molar-refractivity contribution in [3.05, 3.63) is 23.8 Å². The molecule has 0 aliphatic heterocycles. The van der Waals surface area contributed by atoms with Crippen molar-refractivity contribution in [3.63, 3.8) is 0 Å². The van der Waals surface area contributed by atoms with E-state index in [2.05, 4.69) is 5.32 Å². The first-order valence-electron chi connectivity index (χ1n) is 5.88. The molecule has 0 fully saturated rings. The molecule has 1 aromatic carbocycles. The highest BCUT2D eigenvalue weighted by Gasteiger charge is 2.10. The van der Waals surface area contributed by atoms with E-state index < -0.39 is 0 Å². The number of phenols is 1. The van der Waals surface area contributed by atoms with E-state index in [0.717, 1.165) is 24.1 Å². The highest BCUT2D eigenvalue weighted by Crippen LogP contribution is 2.20. The lowest BCUT2D eigenvalue weighted by Gasteiger charge is -2.12. The molecule has 0 aliphatic rings. The summed E-state index contributed by atoms with van der Waals surface area (Å²) >= 11 is 0. The standard InChI is InChI=1S/C13H20N2O2/c1-3-4-10(14)8-13(17)15-12-6-5-11(16)7-9(12)2/h5-7,10,16H,3-4,8,14H2,1-2H3,(H,15,17). The normalized spacial score (nSPS) is 12.2. The van der Waals surface area contributed by atoms with Crippen LogP contribution in [0.25, 0.3) is 0 Å². The molecule has 0 radical (unpaired) electrons. The van der Waals surface area contributed by atoms with Gasteiger partial charge in [0.15, 0.2) is 0 Å². The molecule has 0 saturated heterocycles. The Morgan fingerprint density at radius 3 is 2.82 bits per heavy atom. The number of hydrogen-bond donors (Lipinski definition) is 3. The van der Waals surface area contributed by atoms with Gasteiger partial charge in [-0.3, -0.25) is 4.79 Å². The van der Waals surface area contributed by atoms with Gasteiger partial charge in [-0.25, -0.2) is 0 Å². The molecule has 1 unspecified atom stereocenters. The van der Waals surface area contributed by atoms with Gasteiger partial charge in [-0.15, -0.1) is 0 Å². The minimum Gasteiger partial charge on any atom is -0.508 e. The second-order valence-electron chi connectivity index (χ2n) is 4.30. The predicted molar refractivity (Wildman–Crippen MR) is 69.0 cm³/mol. The summed E-state index contributed by atoms with van der Waals surface area (Å²) in [6, 6.07) is 4.77. The summed E-state index contributed by atoms with van der Waals surface area (Å²) in [5.74, 6) is 0.114. The average Bonchev–Trinajstić information content (AvgIpc) is 2.22. The van der Waals surface area contributed by atoms with Crippen LogP contribution in [0.2, 0.25) is 0 Å². The Labute approximate surface area is 102 Å². The minimum absolute atomic E-state index is 0.0836. The van der Waals surface area contributed by atoms with E-state index >= 15 is 0 Å². The van der Waals surface area contributed by atoms with E-state index in [-0.39, 0.29) is 17.7 Å². The number of rotatable bonds is 5. The predicted octanol–water partition coefficient (Wildman–Crippen LogP) is 2.16. The van der Waals surface area contributed by atoms with Crippen LogP contribution in [0.15, 0.2) is 18.2 Å². The molecule has 0 aromatic heterocycles. The number of hydrogen-bond acceptors (Lipinski definition) is 3. The number of benzene rings is 1. The molecular weight excluding hydrogens is 216 g/mol. The fraction of sp³-hybridized carbons (Fsp3) is 0.462. The first kappa shape index (κ1) is 13.5. The molecule has 1 aromatic rings. The first-order valence-corrected chi connectivity index (χ1v) is 5.88. The monoisotopic (exact) mass is 236 g/mol. The topological polar surface area (TPSA) is 75.4 Å². The van der Waals surface area contributed by atoms with E-state index in [1.807, 2.05) is 13.8 Å². The van der Waals surface area contributed by atoms with Crippen LogP contribution in [0.1, 0.15) is 31.7 Å². The van der Waals surface area contributed by atoms with Gasteiger partial charge in [0.2, 0.25) is 5.91 Å². The van der Waals surface area contributed by atoms with Gasteiger partial charge in [-0.1, -0.05) is 13.3 Å². The lowest BCUT2D eigenvalue weighted by atomic mass is 10.1. The Bertz CT molecular complexity index is 391. The van der Waals surface area contributed by atoms with Crippen molar-refractivity contribution in [3.8, 4) is 5.75 Å². The number of phenolic OH excluding ortho intramolecular Hbond substituents is 1. The van der Waals surface area contributed by atoms with Crippen molar-refractivity contribution in [1.29, 1.82) is 0 Å². The molecule has 4 heteroatoms. The van der Waals surface area contributed by atoms with Gasteiger partial charge in [-0.2, -0.15) is 0 Å². The number of carbonyl (C=O) groups excluding carboxylic acids is 1. The average molecular weight is 236 g/mol. The second kappa shape index (κ2) is 6.25. The van der Waals surface area contributed by atoms with Crippen LogP contribution in [0, 0.1) is 6.92 Å². The van der Waals surface area contributed by atoms with Crippen LogP contribution in [-0.2, 0) is 4.79 Å². The van der Waals surface area contributed by atoms with E-state index in [4.69, 9.17) is 5.73 Å². The van der Waals surface area contributed by atoms with E-state index in [9.17, 15) is 9.90 Å². The molecule has 94 valence electrons. The largest absolute Gasteiger partial charge is 0.508 e. The van der Waals surface area contributed by atoms with Gasteiger partial charge in [-0.05, 0) is 37.1 Å². The molecule has 0 spiro atoms. The third kappa shape index (κ3) is 4.44. The van der Waals surface area contributed by atoms with Crippen LogP contribution in [0.5, 0.6) is 5.75 Å². The van der Waals surface area contributed by atoms with Gasteiger partial charge in [0.05, 0.1) is 0 Å². The number of aromatic hydroxyl groups is 1. The maximum Gasteiger partial charge on any atom is 0.225 e. The van der Waals surface area contributed by atoms with Gasteiger partial charge in [0, 0.05) is 18.2 Å². The fourth-order valence-corrected chi connectivity index (χ4v) is 1.70. The summed E-state index contributed by atoms with van der Waals surface area (Å²) < 4.78 is 0. The summed E-state index contributed by atoms with van der Waals surface area (Å²) in [6.07, 6.45) is 2.16. The Morgan fingerprint density at radius 1 is 1.53 bits per heavy atom. The van der Waals surface area contributed by atoms with Crippen LogP contribution in [0.4, 0.5) is 5.69 Å². The molecule has 0 saturated carbocycles. The van der Waals surface area contributed by atoms with Crippen molar-refractivity contribution < 1.29 is 9.90 Å². The molecule has 1 atom stereocenters. The zero-order valence-electron chi connectivity index (χ0n) is 10.4. The Kier molecular flexibility index (Phi) is 4.97. The van der Waals surface area contributed by atoms with Crippen molar-refractivity contribution in [2.24, 2.45) is 5.73 Å². The van der Waals surface area contributed by atoms with E-state index in [1.165, 1.54) is 0 Å². The van der Waals surface area contributed by atoms with E-state index in [0.29, 0.717) is 6.42 Å². The summed E-state index contributed by atoms with van der Waals surface area (Å²) in [4.78, 5) is 11.7. The summed E-state index contributed by atoms with van der Waals surface area (Å²) in [6.45, 7) is 3.88. The van der Waals surface area contributed by atoms with Gasteiger partial charge in [0.25, 0.3) is 0 Å². The third-order valence-corrected chi connectivity index (χ3v) is 2.59.